The van der Waals surface area contributed by atoms with Crippen LogP contribution in [0.3, 0.4) is 0 Å². The Morgan fingerprint density at radius 1 is 1.41 bits per heavy atom. The standard InChI is InChI=1S/C12H12ClN3O/c1-2-14-12(17)10-8-15-16(11(10)13)9-6-4-3-5-7-9/h3-8H,2H2,1H3,(H,14,17). The molecule has 1 amide bonds. The molecule has 0 spiro atoms. The van der Waals surface area contributed by atoms with E-state index in [4.69, 9.17) is 11.6 Å². The number of aromatic nitrogens is 2. The Balaban J connectivity index is 2.37. The molecule has 0 saturated heterocycles. The zero-order chi connectivity index (χ0) is 12.3. The van der Waals surface area contributed by atoms with Crippen LogP contribution < -0.4 is 5.32 Å². The average molecular weight is 250 g/mol. The minimum Gasteiger partial charge on any atom is -0.352 e. The van der Waals surface area contributed by atoms with E-state index in [1.165, 1.54) is 10.9 Å². The summed E-state index contributed by atoms with van der Waals surface area (Å²) >= 11 is 6.13. The van der Waals surface area contributed by atoms with E-state index in [2.05, 4.69) is 10.4 Å². The highest BCUT2D eigenvalue weighted by molar-refractivity contribution is 6.33. The van der Waals surface area contributed by atoms with Crippen molar-refractivity contribution in [3.8, 4) is 5.69 Å². The van der Waals surface area contributed by atoms with Gasteiger partial charge in [0, 0.05) is 6.54 Å². The summed E-state index contributed by atoms with van der Waals surface area (Å²) in [7, 11) is 0. The summed E-state index contributed by atoms with van der Waals surface area (Å²) in [4.78, 5) is 11.7. The zero-order valence-electron chi connectivity index (χ0n) is 9.35. The second-order valence-corrected chi connectivity index (χ2v) is 3.81. The largest absolute Gasteiger partial charge is 0.352 e. The van der Waals surface area contributed by atoms with Crippen molar-refractivity contribution in [1.82, 2.24) is 15.1 Å². The quantitative estimate of drug-likeness (QED) is 0.907. The van der Waals surface area contributed by atoms with Gasteiger partial charge in [-0.2, -0.15) is 5.10 Å². The lowest BCUT2D eigenvalue weighted by molar-refractivity contribution is 0.0956. The summed E-state index contributed by atoms with van der Waals surface area (Å²) in [5.41, 5.74) is 1.21. The van der Waals surface area contributed by atoms with E-state index < -0.39 is 0 Å². The molecule has 17 heavy (non-hydrogen) atoms. The van der Waals surface area contributed by atoms with E-state index in [1.54, 1.807) is 0 Å². The first-order valence-corrected chi connectivity index (χ1v) is 5.69. The smallest absolute Gasteiger partial charge is 0.256 e. The van der Waals surface area contributed by atoms with E-state index in [1.807, 2.05) is 37.3 Å². The molecule has 5 heteroatoms. The van der Waals surface area contributed by atoms with Gasteiger partial charge in [0.05, 0.1) is 17.4 Å². The van der Waals surface area contributed by atoms with Crippen LogP contribution in [0, 0.1) is 0 Å². The summed E-state index contributed by atoms with van der Waals surface area (Å²) < 4.78 is 1.53. The molecule has 1 aromatic heterocycles. The van der Waals surface area contributed by atoms with Gasteiger partial charge in [-0.1, -0.05) is 29.8 Å². The molecule has 0 aliphatic rings. The Labute approximate surface area is 104 Å². The number of benzene rings is 1. The highest BCUT2D eigenvalue weighted by Crippen LogP contribution is 2.19. The van der Waals surface area contributed by atoms with E-state index in [9.17, 15) is 4.79 Å². The molecule has 2 aromatic rings. The minimum absolute atomic E-state index is 0.209. The number of nitrogens with one attached hydrogen (secondary N) is 1. The molecule has 0 aliphatic carbocycles. The SMILES string of the molecule is CCNC(=O)c1cnn(-c2ccccc2)c1Cl. The van der Waals surface area contributed by atoms with E-state index in [-0.39, 0.29) is 5.91 Å². The first kappa shape index (κ1) is 11.7. The molecule has 0 saturated carbocycles. The Morgan fingerprint density at radius 2 is 2.12 bits per heavy atom. The van der Waals surface area contributed by atoms with E-state index in [0.717, 1.165) is 5.69 Å². The molecule has 88 valence electrons. The molecule has 0 fully saturated rings. The van der Waals surface area contributed by atoms with Crippen molar-refractivity contribution < 1.29 is 4.79 Å². The summed E-state index contributed by atoms with van der Waals surface area (Å²) in [6.45, 7) is 2.42. The van der Waals surface area contributed by atoms with Gasteiger partial charge in [-0.15, -0.1) is 0 Å². The molecule has 0 aliphatic heterocycles. The third kappa shape index (κ3) is 2.31. The minimum atomic E-state index is -0.209. The Bertz CT molecular complexity index is 522. The van der Waals surface area contributed by atoms with Crippen LogP contribution in [-0.2, 0) is 0 Å². The number of amides is 1. The maximum absolute atomic E-state index is 11.7. The number of hydrogen-bond acceptors (Lipinski definition) is 2. The Morgan fingerprint density at radius 3 is 2.76 bits per heavy atom. The number of nitrogens with zero attached hydrogens (tertiary/aromatic N) is 2. The first-order valence-electron chi connectivity index (χ1n) is 5.31. The predicted octanol–water partition coefficient (Wildman–Crippen LogP) is 2.28. The maximum atomic E-state index is 11.7. The lowest BCUT2D eigenvalue weighted by Gasteiger charge is -2.03. The van der Waals surface area contributed by atoms with Crippen LogP contribution >= 0.6 is 11.6 Å². The normalized spacial score (nSPS) is 10.2. The molecule has 0 bridgehead atoms. The summed E-state index contributed by atoms with van der Waals surface area (Å²) in [5, 5.41) is 7.13. The average Bonchev–Trinajstić information content (AvgIpc) is 2.72. The third-order valence-electron chi connectivity index (χ3n) is 2.29. The van der Waals surface area contributed by atoms with E-state index >= 15 is 0 Å². The van der Waals surface area contributed by atoms with Gasteiger partial charge < -0.3 is 5.32 Å². The van der Waals surface area contributed by atoms with Gasteiger partial charge in [-0.25, -0.2) is 4.68 Å². The van der Waals surface area contributed by atoms with Crippen LogP contribution in [0.25, 0.3) is 5.69 Å². The maximum Gasteiger partial charge on any atom is 0.256 e. The molecule has 0 unspecified atom stereocenters. The number of carbonyl (C=O) groups excluding carboxylic acids is 1. The van der Waals surface area contributed by atoms with Gasteiger partial charge in [0.1, 0.15) is 5.15 Å². The van der Waals surface area contributed by atoms with E-state index in [0.29, 0.717) is 17.3 Å². The highest BCUT2D eigenvalue weighted by atomic mass is 35.5. The van der Waals surface area contributed by atoms with Crippen LogP contribution in [0.5, 0.6) is 0 Å². The van der Waals surface area contributed by atoms with Gasteiger partial charge in [0.25, 0.3) is 5.91 Å². The molecule has 4 nitrogen and oxygen atoms in total. The van der Waals surface area contributed by atoms with Crippen molar-refractivity contribution in [2.24, 2.45) is 0 Å². The highest BCUT2D eigenvalue weighted by Gasteiger charge is 2.15. The lowest BCUT2D eigenvalue weighted by atomic mass is 10.3. The number of halogens is 1. The number of carbonyl (C=O) groups is 1. The van der Waals surface area contributed by atoms with Crippen molar-refractivity contribution >= 4 is 17.5 Å². The molecule has 0 atom stereocenters. The predicted molar refractivity (Wildman–Crippen MR) is 66.6 cm³/mol. The monoisotopic (exact) mass is 249 g/mol. The van der Waals surface area contributed by atoms with Crippen molar-refractivity contribution in [2.45, 2.75) is 6.92 Å². The van der Waals surface area contributed by atoms with Gasteiger partial charge >= 0.3 is 0 Å². The second kappa shape index (κ2) is 5.01. The van der Waals surface area contributed by atoms with Crippen LogP contribution in [0.2, 0.25) is 5.15 Å². The topological polar surface area (TPSA) is 46.9 Å². The zero-order valence-corrected chi connectivity index (χ0v) is 10.1. The lowest BCUT2D eigenvalue weighted by Crippen LogP contribution is -2.22. The van der Waals surface area contributed by atoms with Crippen LogP contribution in [-0.4, -0.2) is 22.2 Å². The third-order valence-corrected chi connectivity index (χ3v) is 2.66. The second-order valence-electron chi connectivity index (χ2n) is 3.46. The van der Waals surface area contributed by atoms with Crippen molar-refractivity contribution in [3.63, 3.8) is 0 Å². The van der Waals surface area contributed by atoms with Gasteiger partial charge in [-0.3, -0.25) is 4.79 Å². The fourth-order valence-electron chi connectivity index (χ4n) is 1.49. The van der Waals surface area contributed by atoms with Crippen molar-refractivity contribution in [3.05, 3.63) is 47.2 Å². The molecular weight excluding hydrogens is 238 g/mol. The van der Waals surface area contributed by atoms with Crippen LogP contribution in [0.1, 0.15) is 17.3 Å². The Hall–Kier alpha value is -1.81. The molecule has 1 heterocycles. The Kier molecular flexibility index (Phi) is 3.44. The summed E-state index contributed by atoms with van der Waals surface area (Å²) in [6, 6.07) is 9.44. The number of para-hydroxylation sites is 1. The molecular formula is C12H12ClN3O. The van der Waals surface area contributed by atoms with Gasteiger partial charge in [0.2, 0.25) is 0 Å². The number of rotatable bonds is 3. The van der Waals surface area contributed by atoms with Crippen LogP contribution in [0.4, 0.5) is 0 Å². The van der Waals surface area contributed by atoms with Gasteiger partial charge in [0.15, 0.2) is 0 Å². The summed E-state index contributed by atoms with van der Waals surface area (Å²) in [5.74, 6) is -0.209. The summed E-state index contributed by atoms with van der Waals surface area (Å²) in [6.07, 6.45) is 1.47. The van der Waals surface area contributed by atoms with Crippen LogP contribution in [0.15, 0.2) is 36.5 Å². The molecule has 1 aromatic carbocycles. The molecule has 0 radical (unpaired) electrons. The fourth-order valence-corrected chi connectivity index (χ4v) is 1.77. The molecule has 2 rings (SSSR count). The molecule has 1 N–H and O–H groups in total. The first-order chi connectivity index (χ1) is 8.24. The number of hydrogen-bond donors (Lipinski definition) is 1. The van der Waals surface area contributed by atoms with Gasteiger partial charge in [-0.05, 0) is 19.1 Å². The van der Waals surface area contributed by atoms with Crippen molar-refractivity contribution in [2.75, 3.05) is 6.54 Å². The fraction of sp³-hybridized carbons (Fsp3) is 0.167. The van der Waals surface area contributed by atoms with Crippen molar-refractivity contribution in [1.29, 1.82) is 0 Å².